The van der Waals surface area contributed by atoms with Crippen molar-refractivity contribution < 1.29 is 8.42 Å². The molecule has 0 aliphatic heterocycles. The monoisotopic (exact) mass is 266 g/mol. The van der Waals surface area contributed by atoms with Gasteiger partial charge in [-0.3, -0.25) is 0 Å². The fraction of sp³-hybridized carbons (Fsp3) is 0.600. The maximum atomic E-state index is 11.5. The van der Waals surface area contributed by atoms with Gasteiger partial charge in [0.1, 0.15) is 0 Å². The lowest BCUT2D eigenvalue weighted by Crippen LogP contribution is -2.03. The maximum absolute atomic E-state index is 11.5. The largest absolute Gasteiger partial charge is 0.224 e. The number of rotatable bonds is 2. The second-order valence-electron chi connectivity index (χ2n) is 5.48. The average molecular weight is 266 g/mol. The Balaban J connectivity index is 2.29. The molecular weight excluding hydrogens is 244 g/mol. The van der Waals surface area contributed by atoms with Crippen molar-refractivity contribution in [2.24, 2.45) is 0 Å². The van der Waals surface area contributed by atoms with Gasteiger partial charge in [-0.05, 0) is 48.9 Å². The number of hydrogen-bond donors (Lipinski definition) is 0. The Bertz CT molecular complexity index is 509. The van der Waals surface area contributed by atoms with E-state index in [2.05, 4.69) is 0 Å². The normalized spacial score (nSPS) is 18.6. The summed E-state index contributed by atoms with van der Waals surface area (Å²) in [6, 6.07) is 5.62. The summed E-state index contributed by atoms with van der Waals surface area (Å²) in [5.41, 5.74) is 2.48. The van der Waals surface area contributed by atoms with Crippen LogP contribution in [-0.4, -0.2) is 14.7 Å². The SMILES string of the molecule is Cc1cc(S(C)(=O)=O)ccc1C1CCCCCC1. The van der Waals surface area contributed by atoms with Crippen molar-refractivity contribution in [3.8, 4) is 0 Å². The van der Waals surface area contributed by atoms with Gasteiger partial charge < -0.3 is 0 Å². The van der Waals surface area contributed by atoms with Crippen molar-refractivity contribution in [2.45, 2.75) is 56.3 Å². The summed E-state index contributed by atoms with van der Waals surface area (Å²) in [6.45, 7) is 2.04. The van der Waals surface area contributed by atoms with E-state index in [1.54, 1.807) is 6.07 Å². The molecule has 1 aromatic carbocycles. The number of aryl methyl sites for hydroxylation is 1. The quantitative estimate of drug-likeness (QED) is 0.762. The van der Waals surface area contributed by atoms with Crippen LogP contribution in [0, 0.1) is 6.92 Å². The van der Waals surface area contributed by atoms with Crippen LogP contribution in [0.2, 0.25) is 0 Å². The van der Waals surface area contributed by atoms with E-state index in [1.165, 1.54) is 50.3 Å². The number of sulfone groups is 1. The van der Waals surface area contributed by atoms with Gasteiger partial charge >= 0.3 is 0 Å². The molecule has 0 saturated heterocycles. The third-order valence-electron chi connectivity index (χ3n) is 3.96. The highest BCUT2D eigenvalue weighted by Crippen LogP contribution is 2.33. The Kier molecular flexibility index (Phi) is 4.10. The maximum Gasteiger partial charge on any atom is 0.175 e. The zero-order chi connectivity index (χ0) is 13.2. The highest BCUT2D eigenvalue weighted by molar-refractivity contribution is 7.90. The first-order valence-electron chi connectivity index (χ1n) is 6.79. The van der Waals surface area contributed by atoms with E-state index in [9.17, 15) is 8.42 Å². The molecule has 1 aliphatic rings. The molecule has 1 saturated carbocycles. The van der Waals surface area contributed by atoms with Crippen LogP contribution in [0.4, 0.5) is 0 Å². The molecule has 1 aromatic rings. The minimum Gasteiger partial charge on any atom is -0.224 e. The Labute approximate surface area is 110 Å². The van der Waals surface area contributed by atoms with E-state index in [-0.39, 0.29) is 0 Å². The number of benzene rings is 1. The van der Waals surface area contributed by atoms with Crippen molar-refractivity contribution >= 4 is 9.84 Å². The van der Waals surface area contributed by atoms with Gasteiger partial charge in [-0.15, -0.1) is 0 Å². The lowest BCUT2D eigenvalue weighted by Gasteiger charge is -2.17. The lowest BCUT2D eigenvalue weighted by molar-refractivity contribution is 0.587. The summed E-state index contributed by atoms with van der Waals surface area (Å²) in [7, 11) is -3.08. The second-order valence-corrected chi connectivity index (χ2v) is 7.49. The average Bonchev–Trinajstić information content (AvgIpc) is 2.56. The molecular formula is C15H22O2S. The second kappa shape index (κ2) is 5.43. The number of hydrogen-bond acceptors (Lipinski definition) is 2. The first kappa shape index (κ1) is 13.6. The Morgan fingerprint density at radius 1 is 1.06 bits per heavy atom. The zero-order valence-electron chi connectivity index (χ0n) is 11.3. The molecule has 0 N–H and O–H groups in total. The summed E-state index contributed by atoms with van der Waals surface area (Å²) in [6.07, 6.45) is 9.06. The van der Waals surface area contributed by atoms with Gasteiger partial charge in [-0.1, -0.05) is 31.7 Å². The lowest BCUT2D eigenvalue weighted by atomic mass is 9.89. The van der Waals surface area contributed by atoms with E-state index in [4.69, 9.17) is 0 Å². The van der Waals surface area contributed by atoms with Crippen LogP contribution < -0.4 is 0 Å². The van der Waals surface area contributed by atoms with Crippen molar-refractivity contribution in [2.75, 3.05) is 6.26 Å². The standard InChI is InChI=1S/C15H22O2S/c1-12-11-14(18(2,16)17)9-10-15(12)13-7-5-3-4-6-8-13/h9-11,13H,3-8H2,1-2H3. The molecule has 100 valence electrons. The first-order chi connectivity index (χ1) is 8.48. The molecule has 0 spiro atoms. The Morgan fingerprint density at radius 3 is 2.17 bits per heavy atom. The molecule has 1 aliphatic carbocycles. The summed E-state index contributed by atoms with van der Waals surface area (Å²) < 4.78 is 23.1. The van der Waals surface area contributed by atoms with Crippen LogP contribution in [0.3, 0.4) is 0 Å². The Morgan fingerprint density at radius 2 is 1.67 bits per heavy atom. The van der Waals surface area contributed by atoms with E-state index < -0.39 is 9.84 Å². The first-order valence-corrected chi connectivity index (χ1v) is 8.68. The highest BCUT2D eigenvalue weighted by atomic mass is 32.2. The van der Waals surface area contributed by atoms with Gasteiger partial charge in [-0.2, -0.15) is 0 Å². The molecule has 0 atom stereocenters. The summed E-state index contributed by atoms with van der Waals surface area (Å²) in [5, 5.41) is 0. The molecule has 0 amide bonds. The van der Waals surface area contributed by atoms with Crippen molar-refractivity contribution in [3.63, 3.8) is 0 Å². The smallest absolute Gasteiger partial charge is 0.175 e. The molecule has 2 nitrogen and oxygen atoms in total. The fourth-order valence-electron chi connectivity index (χ4n) is 2.93. The molecule has 0 bridgehead atoms. The van der Waals surface area contributed by atoms with Crippen LogP contribution in [0.15, 0.2) is 23.1 Å². The van der Waals surface area contributed by atoms with E-state index in [1.807, 2.05) is 19.1 Å². The van der Waals surface area contributed by atoms with Crippen molar-refractivity contribution in [1.29, 1.82) is 0 Å². The van der Waals surface area contributed by atoms with Gasteiger partial charge in [0.2, 0.25) is 0 Å². The minimum atomic E-state index is -3.08. The predicted octanol–water partition coefficient (Wildman–Crippen LogP) is 3.84. The minimum absolute atomic E-state index is 0.442. The van der Waals surface area contributed by atoms with Gasteiger partial charge in [0, 0.05) is 6.26 Å². The van der Waals surface area contributed by atoms with Gasteiger partial charge in [0.15, 0.2) is 9.84 Å². The summed E-state index contributed by atoms with van der Waals surface area (Å²) in [4.78, 5) is 0.442. The predicted molar refractivity (Wildman–Crippen MR) is 74.7 cm³/mol. The molecule has 0 aromatic heterocycles. The molecule has 18 heavy (non-hydrogen) atoms. The zero-order valence-corrected chi connectivity index (χ0v) is 12.1. The van der Waals surface area contributed by atoms with E-state index in [0.29, 0.717) is 10.8 Å². The van der Waals surface area contributed by atoms with Crippen LogP contribution >= 0.6 is 0 Å². The topological polar surface area (TPSA) is 34.1 Å². The molecule has 0 radical (unpaired) electrons. The molecule has 2 rings (SSSR count). The van der Waals surface area contributed by atoms with Gasteiger partial charge in [0.05, 0.1) is 4.90 Å². The molecule has 0 unspecified atom stereocenters. The summed E-state index contributed by atoms with van der Waals surface area (Å²) >= 11 is 0. The van der Waals surface area contributed by atoms with Crippen molar-refractivity contribution in [3.05, 3.63) is 29.3 Å². The highest BCUT2D eigenvalue weighted by Gasteiger charge is 2.17. The summed E-state index contributed by atoms with van der Waals surface area (Å²) in [5.74, 6) is 0.626. The molecule has 1 fully saturated rings. The van der Waals surface area contributed by atoms with Crippen LogP contribution in [-0.2, 0) is 9.84 Å². The van der Waals surface area contributed by atoms with Gasteiger partial charge in [-0.25, -0.2) is 8.42 Å². The van der Waals surface area contributed by atoms with Crippen molar-refractivity contribution in [1.82, 2.24) is 0 Å². The van der Waals surface area contributed by atoms with Crippen LogP contribution in [0.25, 0.3) is 0 Å². The van der Waals surface area contributed by atoms with Gasteiger partial charge in [0.25, 0.3) is 0 Å². The molecule has 3 heteroatoms. The van der Waals surface area contributed by atoms with E-state index >= 15 is 0 Å². The van der Waals surface area contributed by atoms with Crippen LogP contribution in [0.5, 0.6) is 0 Å². The Hall–Kier alpha value is -0.830. The van der Waals surface area contributed by atoms with E-state index in [0.717, 1.165) is 5.56 Å². The molecule has 0 heterocycles. The van der Waals surface area contributed by atoms with Crippen LogP contribution in [0.1, 0.15) is 55.6 Å². The third kappa shape index (κ3) is 3.14. The third-order valence-corrected chi connectivity index (χ3v) is 5.07. The fourth-order valence-corrected chi connectivity index (χ4v) is 3.63.